The molecule has 0 aromatic heterocycles. The fourth-order valence-corrected chi connectivity index (χ4v) is 2.13. The van der Waals surface area contributed by atoms with Crippen LogP contribution >= 0.6 is 0 Å². The molecule has 0 bridgehead atoms. The quantitative estimate of drug-likeness (QED) is 0.752. The van der Waals surface area contributed by atoms with Gasteiger partial charge in [-0.05, 0) is 62.7 Å². The molecule has 0 aliphatic heterocycles. The zero-order valence-corrected chi connectivity index (χ0v) is 15.3. The smallest absolute Gasteiger partial charge is 0.350 e. The third-order valence-electron chi connectivity index (χ3n) is 3.71. The lowest BCUT2D eigenvalue weighted by Gasteiger charge is -2.26. The lowest BCUT2D eigenvalue weighted by Crippen LogP contribution is -2.44. The molecule has 144 valence electrons. The van der Waals surface area contributed by atoms with E-state index in [2.05, 4.69) is 5.32 Å². The topological polar surface area (TPSA) is 64.6 Å². The monoisotopic (exact) mass is 377 g/mol. The van der Waals surface area contributed by atoms with Gasteiger partial charge >= 0.3 is 5.97 Å². The largest absolute Gasteiger partial charge is 0.476 e. The lowest BCUT2D eigenvalue weighted by atomic mass is 10.1. The summed E-state index contributed by atoms with van der Waals surface area (Å²) in [7, 11) is 0. The molecule has 2 aromatic rings. The highest BCUT2D eigenvalue weighted by Crippen LogP contribution is 2.20. The first-order chi connectivity index (χ1) is 12.7. The van der Waals surface area contributed by atoms with Gasteiger partial charge in [-0.25, -0.2) is 13.6 Å². The summed E-state index contributed by atoms with van der Waals surface area (Å²) in [6.07, 6.45) is -1.05. The van der Waals surface area contributed by atoms with Crippen molar-refractivity contribution in [3.8, 4) is 5.75 Å². The summed E-state index contributed by atoms with van der Waals surface area (Å²) >= 11 is 0. The Morgan fingerprint density at radius 1 is 1.00 bits per heavy atom. The van der Waals surface area contributed by atoms with Crippen LogP contribution in [0.15, 0.2) is 48.5 Å². The first-order valence-electron chi connectivity index (χ1n) is 8.35. The molecule has 27 heavy (non-hydrogen) atoms. The van der Waals surface area contributed by atoms with E-state index in [1.165, 1.54) is 57.2 Å². The van der Waals surface area contributed by atoms with E-state index in [1.807, 2.05) is 0 Å². The number of benzene rings is 2. The normalized spacial score (nSPS) is 12.2. The molecule has 1 amide bonds. The molecule has 0 spiro atoms. The number of halogens is 2. The number of hydrogen-bond donors (Lipinski definition) is 1. The molecule has 0 unspecified atom stereocenters. The summed E-state index contributed by atoms with van der Waals surface area (Å²) in [6.45, 7) is 4.59. The minimum atomic E-state index is -1.37. The van der Waals surface area contributed by atoms with Crippen LogP contribution in [0.4, 0.5) is 8.78 Å². The highest BCUT2D eigenvalue weighted by atomic mass is 19.1. The number of carbonyl (C=O) groups is 2. The Morgan fingerprint density at radius 3 is 2.07 bits per heavy atom. The summed E-state index contributed by atoms with van der Waals surface area (Å²) < 4.78 is 36.5. The van der Waals surface area contributed by atoms with Crippen molar-refractivity contribution in [2.24, 2.45) is 0 Å². The SMILES string of the molecule is C[C@@H](OC(=O)C(C)(C)Oc1ccc(F)cc1)C(=O)NCc1ccc(F)cc1. The summed E-state index contributed by atoms with van der Waals surface area (Å²) in [5.74, 6) is -1.72. The van der Waals surface area contributed by atoms with Crippen molar-refractivity contribution in [2.45, 2.75) is 39.0 Å². The van der Waals surface area contributed by atoms with Crippen molar-refractivity contribution in [3.05, 3.63) is 65.7 Å². The van der Waals surface area contributed by atoms with Gasteiger partial charge in [-0.1, -0.05) is 12.1 Å². The molecule has 5 nitrogen and oxygen atoms in total. The molecule has 0 aliphatic carbocycles. The van der Waals surface area contributed by atoms with Crippen LogP contribution in [-0.2, 0) is 20.9 Å². The van der Waals surface area contributed by atoms with Gasteiger partial charge in [0.2, 0.25) is 0 Å². The number of hydrogen-bond acceptors (Lipinski definition) is 4. The molecule has 1 N–H and O–H groups in total. The first kappa shape index (κ1) is 20.4. The second-order valence-electron chi connectivity index (χ2n) is 6.46. The molecule has 2 aromatic carbocycles. The van der Waals surface area contributed by atoms with E-state index in [-0.39, 0.29) is 12.4 Å². The minimum absolute atomic E-state index is 0.177. The number of amides is 1. The Hall–Kier alpha value is -2.96. The summed E-state index contributed by atoms with van der Waals surface area (Å²) in [5.41, 5.74) is -0.660. The number of rotatable bonds is 7. The fraction of sp³-hybridized carbons (Fsp3) is 0.300. The average molecular weight is 377 g/mol. The third-order valence-corrected chi connectivity index (χ3v) is 3.71. The Morgan fingerprint density at radius 2 is 1.52 bits per heavy atom. The fourth-order valence-electron chi connectivity index (χ4n) is 2.13. The average Bonchev–Trinajstić information content (AvgIpc) is 2.62. The van der Waals surface area contributed by atoms with Crippen LogP contribution in [0.25, 0.3) is 0 Å². The number of nitrogens with one attached hydrogen (secondary N) is 1. The van der Waals surface area contributed by atoms with Crippen LogP contribution < -0.4 is 10.1 Å². The van der Waals surface area contributed by atoms with Gasteiger partial charge in [0.25, 0.3) is 5.91 Å². The molecule has 2 rings (SSSR count). The predicted molar refractivity (Wildman–Crippen MR) is 94.9 cm³/mol. The van der Waals surface area contributed by atoms with Crippen molar-refractivity contribution in [3.63, 3.8) is 0 Å². The predicted octanol–water partition coefficient (Wildman–Crippen LogP) is 3.37. The second kappa shape index (κ2) is 8.62. The molecule has 1 atom stereocenters. The number of esters is 1. The molecule has 0 saturated heterocycles. The van der Waals surface area contributed by atoms with Crippen LogP contribution in [0.1, 0.15) is 26.3 Å². The van der Waals surface area contributed by atoms with Gasteiger partial charge in [-0.15, -0.1) is 0 Å². The van der Waals surface area contributed by atoms with Crippen molar-refractivity contribution in [1.29, 1.82) is 0 Å². The highest BCUT2D eigenvalue weighted by molar-refractivity contribution is 5.86. The lowest BCUT2D eigenvalue weighted by molar-refractivity contribution is -0.167. The van der Waals surface area contributed by atoms with Crippen molar-refractivity contribution < 1.29 is 27.8 Å². The van der Waals surface area contributed by atoms with E-state index in [4.69, 9.17) is 9.47 Å². The van der Waals surface area contributed by atoms with E-state index in [1.54, 1.807) is 12.1 Å². The van der Waals surface area contributed by atoms with Gasteiger partial charge in [-0.3, -0.25) is 4.79 Å². The second-order valence-corrected chi connectivity index (χ2v) is 6.46. The highest BCUT2D eigenvalue weighted by Gasteiger charge is 2.34. The van der Waals surface area contributed by atoms with Gasteiger partial charge in [0.05, 0.1) is 0 Å². The molecule has 0 aliphatic rings. The Bertz CT molecular complexity index is 789. The maximum absolute atomic E-state index is 12.9. The van der Waals surface area contributed by atoms with Gasteiger partial charge in [-0.2, -0.15) is 0 Å². The minimum Gasteiger partial charge on any atom is -0.476 e. The summed E-state index contributed by atoms with van der Waals surface area (Å²) in [6, 6.07) is 10.9. The van der Waals surface area contributed by atoms with Crippen LogP contribution in [0.5, 0.6) is 5.75 Å². The molecule has 0 saturated carbocycles. The molecule has 0 heterocycles. The van der Waals surface area contributed by atoms with Crippen molar-refractivity contribution >= 4 is 11.9 Å². The van der Waals surface area contributed by atoms with E-state index in [0.29, 0.717) is 11.3 Å². The molecule has 0 radical (unpaired) electrons. The van der Waals surface area contributed by atoms with E-state index >= 15 is 0 Å². The van der Waals surface area contributed by atoms with Crippen LogP contribution in [0.3, 0.4) is 0 Å². The molecular formula is C20H21F2NO4. The molecule has 7 heteroatoms. The Kier molecular flexibility index (Phi) is 6.50. The summed E-state index contributed by atoms with van der Waals surface area (Å²) in [4.78, 5) is 24.4. The van der Waals surface area contributed by atoms with E-state index in [0.717, 1.165) is 0 Å². The van der Waals surface area contributed by atoms with Gasteiger partial charge in [0, 0.05) is 6.54 Å². The van der Waals surface area contributed by atoms with Crippen LogP contribution in [0.2, 0.25) is 0 Å². The Labute approximate surface area is 156 Å². The molecular weight excluding hydrogens is 356 g/mol. The first-order valence-corrected chi connectivity index (χ1v) is 8.35. The zero-order valence-electron chi connectivity index (χ0n) is 15.3. The van der Waals surface area contributed by atoms with Gasteiger partial charge in [0.15, 0.2) is 11.7 Å². The van der Waals surface area contributed by atoms with E-state index < -0.39 is 29.4 Å². The van der Waals surface area contributed by atoms with Crippen LogP contribution in [-0.4, -0.2) is 23.6 Å². The van der Waals surface area contributed by atoms with Gasteiger partial charge in [0.1, 0.15) is 17.4 Å². The maximum atomic E-state index is 12.9. The number of carbonyl (C=O) groups excluding carboxylic acids is 2. The molecule has 0 fully saturated rings. The zero-order chi connectivity index (χ0) is 20.0. The van der Waals surface area contributed by atoms with Crippen molar-refractivity contribution in [1.82, 2.24) is 5.32 Å². The Balaban J connectivity index is 1.87. The third kappa shape index (κ3) is 6.06. The standard InChI is InChI=1S/C20H21F2NO4/c1-13(18(24)23-12-14-4-6-15(21)7-5-14)26-19(25)20(2,3)27-17-10-8-16(22)9-11-17/h4-11,13H,12H2,1-3H3,(H,23,24)/t13-/m1/s1. The number of ether oxygens (including phenoxy) is 2. The van der Waals surface area contributed by atoms with Crippen LogP contribution in [0, 0.1) is 11.6 Å². The maximum Gasteiger partial charge on any atom is 0.350 e. The van der Waals surface area contributed by atoms with E-state index in [9.17, 15) is 18.4 Å². The van der Waals surface area contributed by atoms with Gasteiger partial charge < -0.3 is 14.8 Å². The summed E-state index contributed by atoms with van der Waals surface area (Å²) in [5, 5.41) is 2.61. The van der Waals surface area contributed by atoms with Crippen molar-refractivity contribution in [2.75, 3.05) is 0 Å².